The predicted molar refractivity (Wildman–Crippen MR) is 118 cm³/mol. The van der Waals surface area contributed by atoms with Crippen LogP contribution in [0.15, 0.2) is 36.7 Å². The summed E-state index contributed by atoms with van der Waals surface area (Å²) in [6.07, 6.45) is 2.91. The zero-order valence-electron chi connectivity index (χ0n) is 18.9. The molecule has 0 saturated carbocycles. The van der Waals surface area contributed by atoms with Crippen LogP contribution in [0.5, 0.6) is 11.5 Å². The molecule has 0 aliphatic carbocycles. The Morgan fingerprint density at radius 1 is 1.24 bits per heavy atom. The van der Waals surface area contributed by atoms with Crippen LogP contribution in [0.1, 0.15) is 48.0 Å². The van der Waals surface area contributed by atoms with Crippen molar-refractivity contribution in [1.29, 1.82) is 5.26 Å². The third-order valence-electron chi connectivity index (χ3n) is 5.13. The molecule has 0 radical (unpaired) electrons. The summed E-state index contributed by atoms with van der Waals surface area (Å²) in [5.41, 5.74) is 1.94. The van der Waals surface area contributed by atoms with Gasteiger partial charge in [0.2, 0.25) is 0 Å². The molecule has 0 spiro atoms. The lowest BCUT2D eigenvalue weighted by atomic mass is 9.98. The van der Waals surface area contributed by atoms with Gasteiger partial charge in [-0.1, -0.05) is 20.8 Å². The number of rotatable bonds is 5. The van der Waals surface area contributed by atoms with Crippen molar-refractivity contribution < 1.29 is 18.7 Å². The molecule has 9 heteroatoms. The molecule has 0 N–H and O–H groups in total. The minimum Gasteiger partial charge on any atom is -0.494 e. The largest absolute Gasteiger partial charge is 0.494 e. The quantitative estimate of drug-likeness (QED) is 0.587. The summed E-state index contributed by atoms with van der Waals surface area (Å²) < 4.78 is 26.2. The number of hydrogen-bond donors (Lipinski definition) is 0. The van der Waals surface area contributed by atoms with E-state index < -0.39 is 5.82 Å². The fourth-order valence-electron chi connectivity index (χ4n) is 3.56. The number of benzene rings is 1. The summed E-state index contributed by atoms with van der Waals surface area (Å²) in [5.74, 6) is 0.324. The molecule has 0 atom stereocenters. The maximum atomic E-state index is 13.6. The molecule has 8 nitrogen and oxygen atoms in total. The number of methoxy groups -OCH3 is 1. The molecule has 0 saturated heterocycles. The van der Waals surface area contributed by atoms with E-state index in [4.69, 9.17) is 9.47 Å². The van der Waals surface area contributed by atoms with Gasteiger partial charge in [-0.2, -0.15) is 10.4 Å². The number of fused-ring (bicyclic) bond motifs is 1. The van der Waals surface area contributed by atoms with E-state index in [2.05, 4.69) is 16.2 Å². The third kappa shape index (κ3) is 4.51. The zero-order valence-corrected chi connectivity index (χ0v) is 18.9. The van der Waals surface area contributed by atoms with Crippen LogP contribution in [0.4, 0.5) is 4.39 Å². The van der Waals surface area contributed by atoms with Crippen LogP contribution >= 0.6 is 0 Å². The van der Waals surface area contributed by atoms with E-state index in [0.717, 1.165) is 17.5 Å². The van der Waals surface area contributed by atoms with Gasteiger partial charge in [0.1, 0.15) is 23.2 Å². The average molecular weight is 449 g/mol. The number of hydrogen-bond acceptors (Lipinski definition) is 6. The van der Waals surface area contributed by atoms with Crippen molar-refractivity contribution in [3.8, 4) is 23.4 Å². The number of nitrogens with zero attached hydrogens (tertiary/aromatic N) is 5. The van der Waals surface area contributed by atoms with E-state index >= 15 is 0 Å². The van der Waals surface area contributed by atoms with Crippen molar-refractivity contribution in [2.75, 3.05) is 13.7 Å². The smallest absolute Gasteiger partial charge is 0.262 e. The maximum absolute atomic E-state index is 13.6. The van der Waals surface area contributed by atoms with Gasteiger partial charge in [-0.05, 0) is 29.7 Å². The number of carbonyl (C=O) groups is 1. The number of amides is 1. The lowest BCUT2D eigenvalue weighted by Gasteiger charge is -2.23. The van der Waals surface area contributed by atoms with Gasteiger partial charge in [0.25, 0.3) is 5.91 Å². The summed E-state index contributed by atoms with van der Waals surface area (Å²) in [7, 11) is 1.43. The highest BCUT2D eigenvalue weighted by Crippen LogP contribution is 2.36. The van der Waals surface area contributed by atoms with Crippen molar-refractivity contribution in [2.24, 2.45) is 5.41 Å². The normalized spacial score (nSPS) is 12.9. The first kappa shape index (κ1) is 22.3. The summed E-state index contributed by atoms with van der Waals surface area (Å²) in [5, 5.41) is 14.0. The summed E-state index contributed by atoms with van der Waals surface area (Å²) in [4.78, 5) is 19.2. The Hall–Kier alpha value is -3.93. The SMILES string of the molecule is COc1c(C#N)ccc(OCC(C)(C)C)c1C(=O)N1Cc2cn(-c3ccc(F)cn3)nc2C1. The van der Waals surface area contributed by atoms with Crippen LogP contribution in [0.25, 0.3) is 5.82 Å². The molecule has 170 valence electrons. The molecule has 1 amide bonds. The second-order valence-corrected chi connectivity index (χ2v) is 9.02. The highest BCUT2D eigenvalue weighted by molar-refractivity contribution is 6.00. The molecule has 33 heavy (non-hydrogen) atoms. The van der Waals surface area contributed by atoms with Crippen molar-refractivity contribution in [3.63, 3.8) is 0 Å². The molecule has 0 fully saturated rings. The average Bonchev–Trinajstić information content (AvgIpc) is 3.36. The second kappa shape index (κ2) is 8.54. The summed E-state index contributed by atoms with van der Waals surface area (Å²) in [6.45, 7) is 7.09. The van der Waals surface area contributed by atoms with Crippen molar-refractivity contribution in [3.05, 3.63) is 64.9 Å². The molecule has 4 rings (SSSR count). The topological polar surface area (TPSA) is 93.3 Å². The first-order chi connectivity index (χ1) is 15.7. The van der Waals surface area contributed by atoms with Crippen molar-refractivity contribution in [2.45, 2.75) is 33.9 Å². The molecule has 3 heterocycles. The van der Waals surface area contributed by atoms with Crippen LogP contribution in [0.2, 0.25) is 0 Å². The van der Waals surface area contributed by atoms with Gasteiger partial charge in [-0.15, -0.1) is 0 Å². The van der Waals surface area contributed by atoms with Crippen LogP contribution in [0.3, 0.4) is 0 Å². The molecular weight excluding hydrogens is 425 g/mol. The lowest BCUT2D eigenvalue weighted by molar-refractivity contribution is 0.0738. The Kier molecular flexibility index (Phi) is 5.77. The molecule has 1 aromatic carbocycles. The summed E-state index contributed by atoms with van der Waals surface area (Å²) >= 11 is 0. The number of ether oxygens (including phenoxy) is 2. The van der Waals surface area contributed by atoms with Crippen LogP contribution < -0.4 is 9.47 Å². The zero-order chi connectivity index (χ0) is 23.8. The van der Waals surface area contributed by atoms with E-state index in [1.165, 1.54) is 19.2 Å². The van der Waals surface area contributed by atoms with Crippen LogP contribution in [0, 0.1) is 22.6 Å². The Morgan fingerprint density at radius 2 is 2.03 bits per heavy atom. The summed E-state index contributed by atoms with van der Waals surface area (Å²) in [6, 6.07) is 8.15. The third-order valence-corrected chi connectivity index (χ3v) is 5.13. The van der Waals surface area contributed by atoms with E-state index in [1.807, 2.05) is 20.8 Å². The molecular formula is C24H24FN5O3. The Balaban J connectivity index is 1.62. The highest BCUT2D eigenvalue weighted by atomic mass is 19.1. The first-order valence-corrected chi connectivity index (χ1v) is 10.4. The van der Waals surface area contributed by atoms with E-state index in [9.17, 15) is 14.4 Å². The predicted octanol–water partition coefficient (Wildman–Crippen LogP) is 3.87. The van der Waals surface area contributed by atoms with Crippen molar-refractivity contribution in [1.82, 2.24) is 19.7 Å². The van der Waals surface area contributed by atoms with Gasteiger partial charge in [-0.3, -0.25) is 4.79 Å². The van der Waals surface area contributed by atoms with Gasteiger partial charge in [0.05, 0.1) is 37.7 Å². The Bertz CT molecular complexity index is 1220. The van der Waals surface area contributed by atoms with Crippen molar-refractivity contribution >= 4 is 5.91 Å². The fourth-order valence-corrected chi connectivity index (χ4v) is 3.56. The van der Waals surface area contributed by atoms with Gasteiger partial charge in [-0.25, -0.2) is 14.1 Å². The van der Waals surface area contributed by atoms with Crippen LogP contribution in [-0.4, -0.2) is 39.3 Å². The molecule has 2 aromatic heterocycles. The number of aromatic nitrogens is 3. The van der Waals surface area contributed by atoms with Crippen LogP contribution in [-0.2, 0) is 13.1 Å². The molecule has 3 aromatic rings. The van der Waals surface area contributed by atoms with Gasteiger partial charge in [0.15, 0.2) is 11.6 Å². The number of carbonyl (C=O) groups excluding carboxylic acids is 1. The van der Waals surface area contributed by atoms with Gasteiger partial charge >= 0.3 is 0 Å². The minimum absolute atomic E-state index is 0.122. The lowest BCUT2D eigenvalue weighted by Crippen LogP contribution is -2.28. The first-order valence-electron chi connectivity index (χ1n) is 10.4. The molecule has 1 aliphatic rings. The number of pyridine rings is 1. The van der Waals surface area contributed by atoms with Gasteiger partial charge in [0, 0.05) is 18.3 Å². The van der Waals surface area contributed by atoms with Gasteiger partial charge < -0.3 is 14.4 Å². The number of halogens is 1. The monoisotopic (exact) mass is 449 g/mol. The fraction of sp³-hybridized carbons (Fsp3) is 0.333. The molecule has 1 aliphatic heterocycles. The Morgan fingerprint density at radius 3 is 2.64 bits per heavy atom. The van der Waals surface area contributed by atoms with E-state index in [1.54, 1.807) is 27.9 Å². The maximum Gasteiger partial charge on any atom is 0.262 e. The molecule has 0 unspecified atom stereocenters. The van der Waals surface area contributed by atoms with E-state index in [-0.39, 0.29) is 34.7 Å². The number of nitriles is 1. The second-order valence-electron chi connectivity index (χ2n) is 9.02. The molecule has 0 bridgehead atoms. The standard InChI is InChI=1S/C24H24FN5O3/c1-24(2,3)14-33-19-7-5-15(9-26)22(32-4)21(19)23(31)29-11-16-12-30(28-18(16)13-29)20-8-6-17(25)10-27-20/h5-8,10,12H,11,13-14H2,1-4H3. The Labute approximate surface area is 191 Å². The highest BCUT2D eigenvalue weighted by Gasteiger charge is 2.32. The van der Waals surface area contributed by atoms with E-state index in [0.29, 0.717) is 24.7 Å². The minimum atomic E-state index is -0.423.